The average molecular weight is 272 g/mol. The Kier molecular flexibility index (Phi) is 3.13. The van der Waals surface area contributed by atoms with Crippen LogP contribution in [0.1, 0.15) is 6.92 Å². The normalized spacial score (nSPS) is 23.0. The van der Waals surface area contributed by atoms with Crippen LogP contribution in [0, 0.1) is 0 Å². The minimum atomic E-state index is -0.0120. The van der Waals surface area contributed by atoms with Gasteiger partial charge in [-0.3, -0.25) is 0 Å². The van der Waals surface area contributed by atoms with Crippen molar-refractivity contribution in [1.29, 1.82) is 0 Å². The zero-order chi connectivity index (χ0) is 12.5. The molecule has 2 aliphatic rings. The second kappa shape index (κ2) is 4.78. The molecule has 0 N–H and O–H groups in total. The first-order valence-corrected chi connectivity index (χ1v) is 6.31. The average Bonchev–Trinajstić information content (AvgIpc) is 2.39. The van der Waals surface area contributed by atoms with E-state index < -0.39 is 0 Å². The van der Waals surface area contributed by atoms with Crippen molar-refractivity contribution in [3.63, 3.8) is 0 Å². The van der Waals surface area contributed by atoms with Crippen molar-refractivity contribution in [3.8, 4) is 11.6 Å². The van der Waals surface area contributed by atoms with Gasteiger partial charge in [0.05, 0.1) is 13.2 Å². The Balaban J connectivity index is 1.99. The van der Waals surface area contributed by atoms with E-state index in [-0.39, 0.29) is 11.4 Å². The number of hydrogen-bond acceptors (Lipinski definition) is 6. The molecule has 0 radical (unpaired) electrons. The summed E-state index contributed by atoms with van der Waals surface area (Å²) < 4.78 is 16.6. The zero-order valence-electron chi connectivity index (χ0n) is 10.1. The van der Waals surface area contributed by atoms with Gasteiger partial charge in [-0.15, -0.1) is 0 Å². The van der Waals surface area contributed by atoms with E-state index in [4.69, 9.17) is 25.8 Å². The highest BCUT2D eigenvalue weighted by atomic mass is 35.5. The summed E-state index contributed by atoms with van der Waals surface area (Å²) in [5, 5.41) is 0.174. The van der Waals surface area contributed by atoms with Gasteiger partial charge < -0.3 is 19.1 Å². The van der Waals surface area contributed by atoms with Crippen LogP contribution < -0.4 is 14.4 Å². The fraction of sp³-hybridized carbons (Fsp3) is 0.636. The lowest BCUT2D eigenvalue weighted by atomic mass is 10.3. The van der Waals surface area contributed by atoms with Crippen molar-refractivity contribution in [2.24, 2.45) is 0 Å². The van der Waals surface area contributed by atoms with Gasteiger partial charge in [0.15, 0.2) is 5.82 Å². The Bertz CT molecular complexity index is 451. The van der Waals surface area contributed by atoms with Crippen LogP contribution in [0.2, 0.25) is 5.28 Å². The first kappa shape index (κ1) is 11.8. The second-order valence-corrected chi connectivity index (χ2v) is 4.63. The van der Waals surface area contributed by atoms with Crippen molar-refractivity contribution in [2.75, 3.05) is 37.8 Å². The third-order valence-electron chi connectivity index (χ3n) is 2.87. The summed E-state index contributed by atoms with van der Waals surface area (Å²) in [6, 6.07) is 0. The summed E-state index contributed by atoms with van der Waals surface area (Å²) in [6.45, 7) is 5.29. The van der Waals surface area contributed by atoms with Crippen LogP contribution in [-0.2, 0) is 4.74 Å². The molecule has 6 nitrogen and oxygen atoms in total. The topological polar surface area (TPSA) is 56.7 Å². The Morgan fingerprint density at radius 3 is 2.83 bits per heavy atom. The molecule has 3 rings (SSSR count). The van der Waals surface area contributed by atoms with Crippen LogP contribution in [0.25, 0.3) is 0 Å². The summed E-state index contributed by atoms with van der Waals surface area (Å²) in [4.78, 5) is 10.4. The van der Waals surface area contributed by atoms with E-state index in [9.17, 15) is 0 Å². The molecule has 1 aromatic heterocycles. The smallest absolute Gasteiger partial charge is 0.264 e. The van der Waals surface area contributed by atoms with Gasteiger partial charge >= 0.3 is 0 Å². The molecule has 2 aliphatic heterocycles. The minimum absolute atomic E-state index is 0.0120. The van der Waals surface area contributed by atoms with E-state index in [0.29, 0.717) is 37.3 Å². The molecule has 3 heterocycles. The number of aromatic nitrogens is 2. The molecule has 0 saturated carbocycles. The molecule has 0 amide bonds. The Hall–Kier alpha value is -1.27. The Morgan fingerprint density at radius 1 is 1.28 bits per heavy atom. The van der Waals surface area contributed by atoms with Crippen LogP contribution in [-0.4, -0.2) is 49.0 Å². The third kappa shape index (κ3) is 2.18. The van der Waals surface area contributed by atoms with E-state index in [1.54, 1.807) is 0 Å². The number of halogens is 1. The molecule has 1 aromatic rings. The number of rotatable bonds is 1. The predicted octanol–water partition coefficient (Wildman–Crippen LogP) is 1.13. The van der Waals surface area contributed by atoms with Crippen molar-refractivity contribution < 1.29 is 14.2 Å². The molecule has 1 atom stereocenters. The standard InChI is InChI=1S/C11H14ClN3O3/c1-7-6-17-10-8(18-7)9(13-11(12)14-10)15-2-4-16-5-3-15/h7H,2-6H2,1H3/t7-/m1/s1. The Morgan fingerprint density at radius 2 is 2.06 bits per heavy atom. The number of nitrogens with zero attached hydrogens (tertiary/aromatic N) is 3. The highest BCUT2D eigenvalue weighted by Crippen LogP contribution is 2.39. The van der Waals surface area contributed by atoms with Crippen molar-refractivity contribution in [2.45, 2.75) is 13.0 Å². The zero-order valence-corrected chi connectivity index (χ0v) is 10.8. The number of morpholine rings is 1. The van der Waals surface area contributed by atoms with Crippen LogP contribution in [0.5, 0.6) is 11.6 Å². The molecule has 0 bridgehead atoms. The maximum absolute atomic E-state index is 5.92. The summed E-state index contributed by atoms with van der Waals surface area (Å²) in [5.41, 5.74) is 0. The summed E-state index contributed by atoms with van der Waals surface area (Å²) in [7, 11) is 0. The van der Waals surface area contributed by atoms with E-state index in [2.05, 4.69) is 14.9 Å². The van der Waals surface area contributed by atoms with Gasteiger partial charge in [-0.2, -0.15) is 9.97 Å². The van der Waals surface area contributed by atoms with Crippen LogP contribution in [0.15, 0.2) is 0 Å². The van der Waals surface area contributed by atoms with E-state index in [1.165, 1.54) is 0 Å². The number of hydrogen-bond donors (Lipinski definition) is 0. The van der Waals surface area contributed by atoms with Gasteiger partial charge in [0, 0.05) is 13.1 Å². The van der Waals surface area contributed by atoms with Gasteiger partial charge in [-0.05, 0) is 18.5 Å². The Labute approximate surface area is 110 Å². The van der Waals surface area contributed by atoms with Gasteiger partial charge in [-0.25, -0.2) is 0 Å². The number of anilines is 1. The molecule has 0 aromatic carbocycles. The van der Waals surface area contributed by atoms with Gasteiger partial charge in [0.25, 0.3) is 5.88 Å². The molecule has 18 heavy (non-hydrogen) atoms. The maximum Gasteiger partial charge on any atom is 0.264 e. The lowest BCUT2D eigenvalue weighted by molar-refractivity contribution is 0.0962. The molecule has 0 aliphatic carbocycles. The van der Waals surface area contributed by atoms with Gasteiger partial charge in [0.1, 0.15) is 12.7 Å². The molecule has 0 spiro atoms. The second-order valence-electron chi connectivity index (χ2n) is 4.29. The summed E-state index contributed by atoms with van der Waals surface area (Å²) in [5.74, 6) is 1.70. The number of fused-ring (bicyclic) bond motifs is 1. The maximum atomic E-state index is 5.92. The SMILES string of the molecule is C[C@@H]1COc2nc(Cl)nc(N3CCOCC3)c2O1. The molecule has 0 unspecified atom stereocenters. The first-order valence-electron chi connectivity index (χ1n) is 5.94. The predicted molar refractivity (Wildman–Crippen MR) is 65.7 cm³/mol. The quantitative estimate of drug-likeness (QED) is 0.714. The highest BCUT2D eigenvalue weighted by Gasteiger charge is 2.28. The van der Waals surface area contributed by atoms with Gasteiger partial charge in [-0.1, -0.05) is 0 Å². The van der Waals surface area contributed by atoms with Crippen LogP contribution in [0.3, 0.4) is 0 Å². The highest BCUT2D eigenvalue weighted by molar-refractivity contribution is 6.28. The molecular formula is C11H14ClN3O3. The lowest BCUT2D eigenvalue weighted by Crippen LogP contribution is -2.38. The molecule has 1 fully saturated rings. The fourth-order valence-electron chi connectivity index (χ4n) is 2.02. The van der Waals surface area contributed by atoms with Crippen LogP contribution in [0.4, 0.5) is 5.82 Å². The molecule has 1 saturated heterocycles. The molecular weight excluding hydrogens is 258 g/mol. The molecule has 98 valence electrons. The van der Waals surface area contributed by atoms with E-state index in [0.717, 1.165) is 13.1 Å². The summed E-state index contributed by atoms with van der Waals surface area (Å²) >= 11 is 5.92. The number of ether oxygens (including phenoxy) is 3. The lowest BCUT2D eigenvalue weighted by Gasteiger charge is -2.31. The van der Waals surface area contributed by atoms with Crippen molar-refractivity contribution >= 4 is 17.4 Å². The molecule has 7 heteroatoms. The van der Waals surface area contributed by atoms with Gasteiger partial charge in [0.2, 0.25) is 11.0 Å². The van der Waals surface area contributed by atoms with E-state index in [1.807, 2.05) is 6.92 Å². The fourth-order valence-corrected chi connectivity index (χ4v) is 2.17. The monoisotopic (exact) mass is 271 g/mol. The first-order chi connectivity index (χ1) is 8.74. The van der Waals surface area contributed by atoms with Crippen molar-refractivity contribution in [3.05, 3.63) is 5.28 Å². The van der Waals surface area contributed by atoms with E-state index >= 15 is 0 Å². The summed E-state index contributed by atoms with van der Waals surface area (Å²) in [6.07, 6.45) is -0.0120. The van der Waals surface area contributed by atoms with Crippen LogP contribution >= 0.6 is 11.6 Å². The van der Waals surface area contributed by atoms with Crippen molar-refractivity contribution in [1.82, 2.24) is 9.97 Å². The third-order valence-corrected chi connectivity index (χ3v) is 3.04. The minimum Gasteiger partial charge on any atom is -0.479 e. The largest absolute Gasteiger partial charge is 0.479 e.